The van der Waals surface area contributed by atoms with Crippen molar-refractivity contribution in [3.05, 3.63) is 28.8 Å². The van der Waals surface area contributed by atoms with Gasteiger partial charge < -0.3 is 9.84 Å². The Balaban J connectivity index is 3.32. The summed E-state index contributed by atoms with van der Waals surface area (Å²) in [5.74, 6) is -1.78. The first-order valence-corrected chi connectivity index (χ1v) is 4.86. The van der Waals surface area contributed by atoms with Crippen LogP contribution in [0.4, 0.5) is 8.78 Å². The smallest absolute Gasteiger partial charge is 0.387 e. The highest BCUT2D eigenvalue weighted by Crippen LogP contribution is 2.27. The average Bonchev–Trinajstić information content (AvgIpc) is 2.14. The van der Waals surface area contributed by atoms with Crippen LogP contribution in [0.5, 0.6) is 5.75 Å². The van der Waals surface area contributed by atoms with E-state index < -0.39 is 12.6 Å². The molecule has 0 heterocycles. The Morgan fingerprint density at radius 1 is 1.56 bits per heavy atom. The quantitative estimate of drug-likeness (QED) is 0.836. The average molecular weight is 251 g/mol. The monoisotopic (exact) mass is 250 g/mol. The first-order chi connectivity index (χ1) is 7.45. The van der Waals surface area contributed by atoms with Gasteiger partial charge in [-0.15, -0.1) is 11.6 Å². The van der Waals surface area contributed by atoms with Gasteiger partial charge in [0.05, 0.1) is 0 Å². The number of benzene rings is 1. The number of hydrogen-bond acceptors (Lipinski definition) is 2. The number of rotatable bonds is 4. The van der Waals surface area contributed by atoms with Crippen molar-refractivity contribution < 1.29 is 23.4 Å². The molecule has 0 fully saturated rings. The Kier molecular flexibility index (Phi) is 4.06. The molecule has 0 aliphatic rings. The van der Waals surface area contributed by atoms with Crippen molar-refractivity contribution in [2.24, 2.45) is 0 Å². The Labute approximate surface area is 95.6 Å². The van der Waals surface area contributed by atoms with Crippen molar-refractivity contribution in [2.45, 2.75) is 19.4 Å². The lowest BCUT2D eigenvalue weighted by Crippen LogP contribution is -2.10. The van der Waals surface area contributed by atoms with Crippen LogP contribution in [0.2, 0.25) is 0 Å². The van der Waals surface area contributed by atoms with E-state index in [1.54, 1.807) is 6.92 Å². The van der Waals surface area contributed by atoms with E-state index in [4.69, 9.17) is 16.7 Å². The van der Waals surface area contributed by atoms with E-state index in [2.05, 4.69) is 4.74 Å². The summed E-state index contributed by atoms with van der Waals surface area (Å²) in [6, 6.07) is 2.76. The van der Waals surface area contributed by atoms with Gasteiger partial charge in [-0.1, -0.05) is 6.07 Å². The number of ether oxygens (including phenoxy) is 1. The first kappa shape index (κ1) is 12.7. The molecule has 0 atom stereocenters. The number of aromatic carboxylic acids is 1. The van der Waals surface area contributed by atoms with E-state index in [1.807, 2.05) is 0 Å². The fourth-order valence-electron chi connectivity index (χ4n) is 1.36. The molecule has 0 saturated carbocycles. The van der Waals surface area contributed by atoms with Gasteiger partial charge in [0.2, 0.25) is 0 Å². The zero-order valence-electron chi connectivity index (χ0n) is 8.34. The summed E-state index contributed by atoms with van der Waals surface area (Å²) in [6.07, 6.45) is 0. The van der Waals surface area contributed by atoms with Crippen LogP contribution in [0, 0.1) is 6.92 Å². The minimum Gasteiger partial charge on any atom is -0.478 e. The molecule has 0 aromatic heterocycles. The van der Waals surface area contributed by atoms with E-state index in [0.29, 0.717) is 5.56 Å². The molecule has 1 aromatic carbocycles. The summed E-state index contributed by atoms with van der Waals surface area (Å²) in [4.78, 5) is 10.9. The molecule has 0 bridgehead atoms. The van der Waals surface area contributed by atoms with Gasteiger partial charge in [0.1, 0.15) is 11.3 Å². The lowest BCUT2D eigenvalue weighted by Gasteiger charge is -2.12. The third-order valence-electron chi connectivity index (χ3n) is 1.90. The highest BCUT2D eigenvalue weighted by Gasteiger charge is 2.19. The molecular weight excluding hydrogens is 242 g/mol. The second kappa shape index (κ2) is 5.12. The molecule has 16 heavy (non-hydrogen) atoms. The summed E-state index contributed by atoms with van der Waals surface area (Å²) in [6.45, 7) is -1.43. The molecule has 1 aromatic rings. The van der Waals surface area contributed by atoms with Crippen molar-refractivity contribution in [3.8, 4) is 5.75 Å². The number of alkyl halides is 3. The molecular formula is C10H9ClF2O3. The molecule has 0 unspecified atom stereocenters. The molecule has 0 spiro atoms. The SMILES string of the molecule is Cc1cc(CCl)c(C(=O)O)c(OC(F)F)c1. The van der Waals surface area contributed by atoms with Gasteiger partial charge in [-0.25, -0.2) is 4.79 Å². The number of aryl methyl sites for hydroxylation is 1. The fraction of sp³-hybridized carbons (Fsp3) is 0.300. The van der Waals surface area contributed by atoms with Crippen LogP contribution in [-0.4, -0.2) is 17.7 Å². The van der Waals surface area contributed by atoms with Gasteiger partial charge in [0.15, 0.2) is 0 Å². The number of carboxylic acids is 1. The van der Waals surface area contributed by atoms with Crippen molar-refractivity contribution in [2.75, 3.05) is 0 Å². The molecule has 0 aliphatic carbocycles. The molecule has 6 heteroatoms. The normalized spacial score (nSPS) is 10.6. The van der Waals surface area contributed by atoms with Crippen LogP contribution >= 0.6 is 11.6 Å². The maximum atomic E-state index is 12.1. The number of carbonyl (C=O) groups is 1. The maximum absolute atomic E-state index is 12.1. The van der Waals surface area contributed by atoms with Gasteiger partial charge in [0.25, 0.3) is 0 Å². The molecule has 0 amide bonds. The Morgan fingerprint density at radius 3 is 2.62 bits per heavy atom. The topological polar surface area (TPSA) is 46.5 Å². The maximum Gasteiger partial charge on any atom is 0.387 e. The Morgan fingerprint density at radius 2 is 2.19 bits per heavy atom. The first-order valence-electron chi connectivity index (χ1n) is 4.33. The summed E-state index contributed by atoms with van der Waals surface area (Å²) < 4.78 is 28.3. The largest absolute Gasteiger partial charge is 0.478 e. The van der Waals surface area contributed by atoms with E-state index >= 15 is 0 Å². The van der Waals surface area contributed by atoms with E-state index in [-0.39, 0.29) is 22.8 Å². The van der Waals surface area contributed by atoms with Crippen LogP contribution in [0.25, 0.3) is 0 Å². The number of halogens is 3. The van der Waals surface area contributed by atoms with Crippen molar-refractivity contribution >= 4 is 17.6 Å². The highest BCUT2D eigenvalue weighted by atomic mass is 35.5. The van der Waals surface area contributed by atoms with E-state index in [1.165, 1.54) is 12.1 Å². The molecule has 0 saturated heterocycles. The molecule has 0 radical (unpaired) electrons. The predicted molar refractivity (Wildman–Crippen MR) is 54.3 cm³/mol. The van der Waals surface area contributed by atoms with Gasteiger partial charge in [-0.3, -0.25) is 0 Å². The summed E-state index contributed by atoms with van der Waals surface area (Å²) in [7, 11) is 0. The van der Waals surface area contributed by atoms with Gasteiger partial charge in [0, 0.05) is 5.88 Å². The zero-order chi connectivity index (χ0) is 12.3. The second-order valence-corrected chi connectivity index (χ2v) is 3.38. The highest BCUT2D eigenvalue weighted by molar-refractivity contribution is 6.17. The number of hydrogen-bond donors (Lipinski definition) is 1. The number of carboxylic acid groups (broad SMARTS) is 1. The molecule has 88 valence electrons. The van der Waals surface area contributed by atoms with Crippen LogP contribution in [0.1, 0.15) is 21.5 Å². The zero-order valence-corrected chi connectivity index (χ0v) is 9.09. The lowest BCUT2D eigenvalue weighted by molar-refractivity contribution is -0.0503. The third kappa shape index (κ3) is 2.82. The second-order valence-electron chi connectivity index (χ2n) is 3.11. The Hall–Kier alpha value is -1.36. The molecule has 0 aliphatic heterocycles. The van der Waals surface area contributed by atoms with Crippen molar-refractivity contribution in [1.29, 1.82) is 0 Å². The minimum absolute atomic E-state index is 0.0804. The fourth-order valence-corrected chi connectivity index (χ4v) is 1.57. The van der Waals surface area contributed by atoms with E-state index in [9.17, 15) is 13.6 Å². The minimum atomic E-state index is -3.07. The summed E-state index contributed by atoms with van der Waals surface area (Å²) in [5.41, 5.74) is 0.544. The van der Waals surface area contributed by atoms with Gasteiger partial charge in [-0.05, 0) is 24.1 Å². The summed E-state index contributed by atoms with van der Waals surface area (Å²) in [5, 5.41) is 8.90. The summed E-state index contributed by atoms with van der Waals surface area (Å²) >= 11 is 5.55. The molecule has 1 N–H and O–H groups in total. The van der Waals surface area contributed by atoms with Crippen molar-refractivity contribution in [1.82, 2.24) is 0 Å². The lowest BCUT2D eigenvalue weighted by atomic mass is 10.0. The standard InChI is InChI=1S/C10H9ClF2O3/c1-5-2-6(4-11)8(9(14)15)7(3-5)16-10(12)13/h2-3,10H,4H2,1H3,(H,14,15). The van der Waals surface area contributed by atoms with E-state index in [0.717, 1.165) is 0 Å². The van der Waals surface area contributed by atoms with Crippen LogP contribution in [0.15, 0.2) is 12.1 Å². The Bertz CT molecular complexity index is 407. The molecule has 3 nitrogen and oxygen atoms in total. The third-order valence-corrected chi connectivity index (χ3v) is 2.19. The van der Waals surface area contributed by atoms with Gasteiger partial charge >= 0.3 is 12.6 Å². The van der Waals surface area contributed by atoms with Gasteiger partial charge in [-0.2, -0.15) is 8.78 Å². The van der Waals surface area contributed by atoms with Crippen molar-refractivity contribution in [3.63, 3.8) is 0 Å². The predicted octanol–water partition coefficient (Wildman–Crippen LogP) is 3.03. The van der Waals surface area contributed by atoms with Crippen LogP contribution in [-0.2, 0) is 5.88 Å². The van der Waals surface area contributed by atoms with Crippen LogP contribution < -0.4 is 4.74 Å². The van der Waals surface area contributed by atoms with Crippen LogP contribution in [0.3, 0.4) is 0 Å². The molecule has 1 rings (SSSR count).